The normalized spacial score (nSPS) is 14.0. The molecule has 4 N–H and O–H groups in total. The summed E-state index contributed by atoms with van der Waals surface area (Å²) in [6.07, 6.45) is 4.64. The molecule has 0 bridgehead atoms. The van der Waals surface area contributed by atoms with Crippen LogP contribution >= 0.6 is 0 Å². The summed E-state index contributed by atoms with van der Waals surface area (Å²) in [7, 11) is 0. The van der Waals surface area contributed by atoms with Crippen LogP contribution < -0.4 is 11.1 Å². The van der Waals surface area contributed by atoms with E-state index in [-0.39, 0.29) is 18.1 Å². The summed E-state index contributed by atoms with van der Waals surface area (Å²) in [5, 5.41) is 12.6. The number of unbranched alkanes of at least 4 members (excludes halogenated alkanes) is 1. The zero-order chi connectivity index (χ0) is 16.2. The van der Waals surface area contributed by atoms with Gasteiger partial charge in [0.15, 0.2) is 5.82 Å². The fourth-order valence-corrected chi connectivity index (χ4v) is 2.45. The Morgan fingerprint density at radius 3 is 2.82 bits per heavy atom. The summed E-state index contributed by atoms with van der Waals surface area (Å²) in [6, 6.07) is 1.28. The number of halogens is 1. The number of hydrogen-bond donors (Lipinski definition) is 3. The first-order chi connectivity index (χ1) is 10.5. The van der Waals surface area contributed by atoms with E-state index >= 15 is 0 Å². The van der Waals surface area contributed by atoms with Gasteiger partial charge in [-0.25, -0.2) is 14.4 Å². The first-order valence-electron chi connectivity index (χ1n) is 7.45. The molecule has 0 aliphatic carbocycles. The number of aliphatic hydroxyl groups is 1. The SMILES string of the molecule is CCCC[C@@](C)(CCO)Nc1nc(N)nc2cc(F)cnc12. The lowest BCUT2D eigenvalue weighted by Crippen LogP contribution is -2.36. The van der Waals surface area contributed by atoms with Gasteiger partial charge < -0.3 is 16.2 Å². The molecule has 7 heteroatoms. The van der Waals surface area contributed by atoms with Gasteiger partial charge in [-0.3, -0.25) is 0 Å². The first-order valence-corrected chi connectivity index (χ1v) is 7.45. The Labute approximate surface area is 129 Å². The van der Waals surface area contributed by atoms with Crippen LogP contribution in [0.4, 0.5) is 16.2 Å². The molecule has 0 aromatic carbocycles. The highest BCUT2D eigenvalue weighted by molar-refractivity contribution is 5.86. The number of nitrogens with two attached hydrogens (primary N) is 1. The van der Waals surface area contributed by atoms with Crippen molar-refractivity contribution in [1.82, 2.24) is 15.0 Å². The Bertz CT molecular complexity index is 646. The zero-order valence-corrected chi connectivity index (χ0v) is 12.9. The molecule has 0 fully saturated rings. The standard InChI is InChI=1S/C15H22FN5O/c1-3-4-5-15(2,6-7-22)21-13-12-11(19-14(17)20-13)8-10(16)9-18-12/h8-9,22H,3-7H2,1-2H3,(H3,17,19,20,21)/t15-/m0/s1. The van der Waals surface area contributed by atoms with Crippen LogP contribution in [0, 0.1) is 5.82 Å². The molecule has 0 saturated heterocycles. The van der Waals surface area contributed by atoms with E-state index in [1.165, 1.54) is 6.07 Å². The summed E-state index contributed by atoms with van der Waals surface area (Å²) in [5.74, 6) is 0.0550. The molecule has 120 valence electrons. The van der Waals surface area contributed by atoms with Gasteiger partial charge in [0.25, 0.3) is 0 Å². The van der Waals surface area contributed by atoms with Gasteiger partial charge in [-0.15, -0.1) is 0 Å². The number of aromatic nitrogens is 3. The van der Waals surface area contributed by atoms with Crippen LogP contribution in [0.1, 0.15) is 39.5 Å². The van der Waals surface area contributed by atoms with Gasteiger partial charge in [-0.1, -0.05) is 19.8 Å². The molecule has 0 aliphatic rings. The van der Waals surface area contributed by atoms with E-state index < -0.39 is 5.82 Å². The molecule has 1 atom stereocenters. The molecule has 0 amide bonds. The second-order valence-electron chi connectivity index (χ2n) is 5.71. The predicted octanol–water partition coefficient (Wildman–Crippen LogP) is 2.49. The van der Waals surface area contributed by atoms with Crippen molar-refractivity contribution < 1.29 is 9.50 Å². The molecule has 0 radical (unpaired) electrons. The third kappa shape index (κ3) is 3.79. The average molecular weight is 307 g/mol. The molecule has 2 aromatic rings. The van der Waals surface area contributed by atoms with Gasteiger partial charge in [0.2, 0.25) is 5.95 Å². The van der Waals surface area contributed by atoms with E-state index in [1.54, 1.807) is 0 Å². The number of nitrogen functional groups attached to an aromatic ring is 1. The highest BCUT2D eigenvalue weighted by Crippen LogP contribution is 2.27. The molecule has 22 heavy (non-hydrogen) atoms. The lowest BCUT2D eigenvalue weighted by Gasteiger charge is -2.31. The number of anilines is 2. The number of fused-ring (bicyclic) bond motifs is 1. The van der Waals surface area contributed by atoms with Crippen molar-refractivity contribution >= 4 is 22.8 Å². The summed E-state index contributed by atoms with van der Waals surface area (Å²) in [6.45, 7) is 4.20. The molecule has 0 aliphatic heterocycles. The fraction of sp³-hybridized carbons (Fsp3) is 0.533. The Morgan fingerprint density at radius 1 is 1.36 bits per heavy atom. The van der Waals surface area contributed by atoms with Crippen LogP contribution in [-0.2, 0) is 0 Å². The van der Waals surface area contributed by atoms with Crippen LogP contribution in [0.5, 0.6) is 0 Å². The van der Waals surface area contributed by atoms with Crippen molar-refractivity contribution in [3.63, 3.8) is 0 Å². The van der Waals surface area contributed by atoms with Crippen LogP contribution in [0.2, 0.25) is 0 Å². The smallest absolute Gasteiger partial charge is 0.222 e. The largest absolute Gasteiger partial charge is 0.396 e. The molecular formula is C15H22FN5O. The maximum atomic E-state index is 13.3. The second-order valence-corrected chi connectivity index (χ2v) is 5.71. The third-order valence-corrected chi connectivity index (χ3v) is 3.69. The quantitative estimate of drug-likeness (QED) is 0.727. The van der Waals surface area contributed by atoms with Crippen molar-refractivity contribution in [3.05, 3.63) is 18.1 Å². The molecule has 0 unspecified atom stereocenters. The van der Waals surface area contributed by atoms with Crippen molar-refractivity contribution in [2.75, 3.05) is 17.7 Å². The van der Waals surface area contributed by atoms with E-state index in [1.807, 2.05) is 6.92 Å². The molecule has 2 aromatic heterocycles. The maximum Gasteiger partial charge on any atom is 0.222 e. The molecular weight excluding hydrogens is 285 g/mol. The van der Waals surface area contributed by atoms with Gasteiger partial charge in [0.05, 0.1) is 11.7 Å². The number of pyridine rings is 1. The lowest BCUT2D eigenvalue weighted by molar-refractivity contribution is 0.247. The van der Waals surface area contributed by atoms with Crippen molar-refractivity contribution in [2.45, 2.75) is 45.1 Å². The zero-order valence-electron chi connectivity index (χ0n) is 12.9. The van der Waals surface area contributed by atoms with E-state index in [2.05, 4.69) is 27.2 Å². The van der Waals surface area contributed by atoms with Crippen molar-refractivity contribution in [2.24, 2.45) is 0 Å². The molecule has 2 rings (SSSR count). The molecule has 0 saturated carbocycles. The van der Waals surface area contributed by atoms with E-state index in [4.69, 9.17) is 5.73 Å². The third-order valence-electron chi connectivity index (χ3n) is 3.69. The van der Waals surface area contributed by atoms with E-state index in [0.717, 1.165) is 25.5 Å². The Hall–Kier alpha value is -2.02. The Balaban J connectivity index is 2.40. The number of nitrogens with zero attached hydrogens (tertiary/aromatic N) is 3. The number of aliphatic hydroxyl groups excluding tert-OH is 1. The minimum absolute atomic E-state index is 0.0595. The topological polar surface area (TPSA) is 97.0 Å². The number of nitrogens with one attached hydrogen (secondary N) is 1. The minimum Gasteiger partial charge on any atom is -0.396 e. The molecule has 2 heterocycles. The van der Waals surface area contributed by atoms with Gasteiger partial charge in [0.1, 0.15) is 11.3 Å². The summed E-state index contributed by atoms with van der Waals surface area (Å²) in [4.78, 5) is 12.3. The van der Waals surface area contributed by atoms with E-state index in [9.17, 15) is 9.50 Å². The highest BCUT2D eigenvalue weighted by Gasteiger charge is 2.25. The second kappa shape index (κ2) is 6.83. The van der Waals surface area contributed by atoms with Crippen molar-refractivity contribution in [1.29, 1.82) is 0 Å². The summed E-state index contributed by atoms with van der Waals surface area (Å²) >= 11 is 0. The lowest BCUT2D eigenvalue weighted by atomic mass is 9.91. The average Bonchev–Trinajstić information content (AvgIpc) is 2.44. The Morgan fingerprint density at radius 2 is 2.14 bits per heavy atom. The molecule has 6 nitrogen and oxygen atoms in total. The minimum atomic E-state index is -0.472. The van der Waals surface area contributed by atoms with Crippen LogP contribution in [0.15, 0.2) is 12.3 Å². The van der Waals surface area contributed by atoms with Crippen molar-refractivity contribution in [3.8, 4) is 0 Å². The summed E-state index contributed by atoms with van der Waals surface area (Å²) in [5.41, 5.74) is 6.19. The van der Waals surface area contributed by atoms with Crippen LogP contribution in [-0.4, -0.2) is 32.2 Å². The first kappa shape index (κ1) is 16.4. The van der Waals surface area contributed by atoms with Gasteiger partial charge in [-0.05, 0) is 19.8 Å². The Kier molecular flexibility index (Phi) is 5.07. The van der Waals surface area contributed by atoms with Crippen LogP contribution in [0.3, 0.4) is 0 Å². The van der Waals surface area contributed by atoms with E-state index in [0.29, 0.717) is 23.3 Å². The number of rotatable bonds is 7. The van der Waals surface area contributed by atoms with Gasteiger partial charge in [0, 0.05) is 18.2 Å². The van der Waals surface area contributed by atoms with Crippen LogP contribution in [0.25, 0.3) is 11.0 Å². The van der Waals surface area contributed by atoms with Gasteiger partial charge >= 0.3 is 0 Å². The maximum absolute atomic E-state index is 13.3. The predicted molar refractivity (Wildman–Crippen MR) is 85.0 cm³/mol. The number of hydrogen-bond acceptors (Lipinski definition) is 6. The monoisotopic (exact) mass is 307 g/mol. The van der Waals surface area contributed by atoms with Gasteiger partial charge in [-0.2, -0.15) is 4.98 Å². The molecule has 0 spiro atoms. The highest BCUT2D eigenvalue weighted by atomic mass is 19.1. The fourth-order valence-electron chi connectivity index (χ4n) is 2.45. The summed E-state index contributed by atoms with van der Waals surface area (Å²) < 4.78 is 13.3.